The number of nitrogens with zero attached hydrogens (tertiary/aromatic N) is 2. The lowest BCUT2D eigenvalue weighted by molar-refractivity contribution is -0.129. The lowest BCUT2D eigenvalue weighted by atomic mass is 9.85. The molecule has 0 aromatic heterocycles. The Morgan fingerprint density at radius 3 is 2.52 bits per heavy atom. The SMILES string of the molecule is CC(=O)N1Cc2ccc(S(=O)(=O)N3CCCC(C)(C)C3)cc2C1. The molecule has 6 heteroatoms. The van der Waals surface area contributed by atoms with Gasteiger partial charge in [-0.05, 0) is 41.5 Å². The minimum atomic E-state index is -3.46. The summed E-state index contributed by atoms with van der Waals surface area (Å²) in [6.07, 6.45) is 1.95. The van der Waals surface area contributed by atoms with Crippen LogP contribution in [0.5, 0.6) is 0 Å². The highest BCUT2D eigenvalue weighted by molar-refractivity contribution is 7.89. The van der Waals surface area contributed by atoms with Crippen LogP contribution in [0.25, 0.3) is 0 Å². The van der Waals surface area contributed by atoms with E-state index in [4.69, 9.17) is 0 Å². The van der Waals surface area contributed by atoms with Crippen molar-refractivity contribution in [2.75, 3.05) is 13.1 Å². The van der Waals surface area contributed by atoms with Crippen LogP contribution < -0.4 is 0 Å². The number of carbonyl (C=O) groups excluding carboxylic acids is 1. The van der Waals surface area contributed by atoms with Gasteiger partial charge in [0.15, 0.2) is 0 Å². The molecule has 5 nitrogen and oxygen atoms in total. The molecule has 3 rings (SSSR count). The van der Waals surface area contributed by atoms with Crippen molar-refractivity contribution in [1.29, 1.82) is 0 Å². The molecule has 126 valence electrons. The summed E-state index contributed by atoms with van der Waals surface area (Å²) in [5.74, 6) is 0.0170. The fourth-order valence-electron chi connectivity index (χ4n) is 3.48. The molecule has 0 atom stereocenters. The highest BCUT2D eigenvalue weighted by atomic mass is 32.2. The smallest absolute Gasteiger partial charge is 0.243 e. The van der Waals surface area contributed by atoms with E-state index >= 15 is 0 Å². The van der Waals surface area contributed by atoms with Crippen molar-refractivity contribution in [1.82, 2.24) is 9.21 Å². The van der Waals surface area contributed by atoms with Crippen LogP contribution in [-0.4, -0.2) is 36.6 Å². The van der Waals surface area contributed by atoms with E-state index in [1.165, 1.54) is 0 Å². The number of amides is 1. The number of rotatable bonds is 2. The second-order valence-electron chi connectivity index (χ2n) is 7.41. The van der Waals surface area contributed by atoms with E-state index in [9.17, 15) is 13.2 Å². The number of benzene rings is 1. The summed E-state index contributed by atoms with van der Waals surface area (Å²) in [4.78, 5) is 13.6. The number of carbonyl (C=O) groups is 1. The molecule has 0 aliphatic carbocycles. The molecule has 2 aliphatic rings. The second-order valence-corrected chi connectivity index (χ2v) is 9.35. The first kappa shape index (κ1) is 16.5. The predicted octanol–water partition coefficient (Wildman–Crippen LogP) is 2.36. The topological polar surface area (TPSA) is 57.7 Å². The van der Waals surface area contributed by atoms with Gasteiger partial charge in [0.05, 0.1) is 4.90 Å². The van der Waals surface area contributed by atoms with Gasteiger partial charge >= 0.3 is 0 Å². The van der Waals surface area contributed by atoms with Crippen molar-refractivity contribution in [3.63, 3.8) is 0 Å². The maximum absolute atomic E-state index is 12.9. The van der Waals surface area contributed by atoms with Crippen molar-refractivity contribution in [3.05, 3.63) is 29.3 Å². The van der Waals surface area contributed by atoms with E-state index < -0.39 is 10.0 Å². The average molecular weight is 336 g/mol. The van der Waals surface area contributed by atoms with Crippen LogP contribution in [0.15, 0.2) is 23.1 Å². The summed E-state index contributed by atoms with van der Waals surface area (Å²) in [6, 6.07) is 5.27. The molecular formula is C17H24N2O3S. The van der Waals surface area contributed by atoms with Crippen molar-refractivity contribution < 1.29 is 13.2 Å². The summed E-state index contributed by atoms with van der Waals surface area (Å²) in [6.45, 7) is 7.99. The molecule has 2 heterocycles. The first-order valence-electron chi connectivity index (χ1n) is 8.06. The van der Waals surface area contributed by atoms with E-state index in [2.05, 4.69) is 13.8 Å². The maximum atomic E-state index is 12.9. The standard InChI is InChI=1S/C17H24N2O3S/c1-13(20)18-10-14-5-6-16(9-15(14)11-18)23(21,22)19-8-4-7-17(2,3)12-19/h5-6,9H,4,7-8,10-12H2,1-3H3. The van der Waals surface area contributed by atoms with E-state index in [1.807, 2.05) is 6.07 Å². The second kappa shape index (κ2) is 5.60. The van der Waals surface area contributed by atoms with E-state index in [0.717, 1.165) is 24.0 Å². The van der Waals surface area contributed by atoms with Gasteiger partial charge in [-0.2, -0.15) is 4.31 Å². The minimum absolute atomic E-state index is 0.0170. The van der Waals surface area contributed by atoms with Gasteiger partial charge in [-0.15, -0.1) is 0 Å². The fourth-order valence-corrected chi connectivity index (χ4v) is 5.20. The lowest BCUT2D eigenvalue weighted by Crippen LogP contribution is -2.43. The van der Waals surface area contributed by atoms with E-state index in [0.29, 0.717) is 31.1 Å². The lowest BCUT2D eigenvalue weighted by Gasteiger charge is -2.37. The van der Waals surface area contributed by atoms with Crippen molar-refractivity contribution in [2.45, 2.75) is 51.6 Å². The molecule has 0 spiro atoms. The van der Waals surface area contributed by atoms with Gasteiger partial charge in [0.1, 0.15) is 0 Å². The van der Waals surface area contributed by atoms with Gasteiger partial charge in [0.2, 0.25) is 15.9 Å². The molecule has 1 saturated heterocycles. The molecule has 0 bridgehead atoms. The largest absolute Gasteiger partial charge is 0.334 e. The number of fused-ring (bicyclic) bond motifs is 1. The first-order valence-corrected chi connectivity index (χ1v) is 9.50. The molecule has 0 saturated carbocycles. The summed E-state index contributed by atoms with van der Waals surface area (Å²) < 4.78 is 27.5. The molecule has 2 aliphatic heterocycles. The Kier molecular flexibility index (Phi) is 4.01. The Bertz CT molecular complexity index is 740. The number of hydrogen-bond donors (Lipinski definition) is 0. The van der Waals surface area contributed by atoms with Crippen LogP contribution in [0.3, 0.4) is 0 Å². The highest BCUT2D eigenvalue weighted by Gasteiger charge is 2.34. The van der Waals surface area contributed by atoms with Gasteiger partial charge < -0.3 is 4.90 Å². The van der Waals surface area contributed by atoms with Gasteiger partial charge in [-0.1, -0.05) is 19.9 Å². The molecule has 1 fully saturated rings. The van der Waals surface area contributed by atoms with Crippen LogP contribution in [0.1, 0.15) is 44.7 Å². The van der Waals surface area contributed by atoms with E-state index in [-0.39, 0.29) is 11.3 Å². The maximum Gasteiger partial charge on any atom is 0.243 e. The summed E-state index contributed by atoms with van der Waals surface area (Å²) in [5.41, 5.74) is 2.00. The molecule has 0 unspecified atom stereocenters. The monoisotopic (exact) mass is 336 g/mol. The Morgan fingerprint density at radius 2 is 1.87 bits per heavy atom. The minimum Gasteiger partial charge on any atom is -0.334 e. The Hall–Kier alpha value is -1.40. The summed E-state index contributed by atoms with van der Waals surface area (Å²) in [5, 5.41) is 0. The van der Waals surface area contributed by atoms with Crippen LogP contribution in [0.4, 0.5) is 0 Å². The van der Waals surface area contributed by atoms with Crippen molar-refractivity contribution >= 4 is 15.9 Å². The number of sulfonamides is 1. The molecule has 0 N–H and O–H groups in total. The zero-order valence-electron chi connectivity index (χ0n) is 14.0. The van der Waals surface area contributed by atoms with Crippen LogP contribution in [0.2, 0.25) is 0 Å². The van der Waals surface area contributed by atoms with Gasteiger partial charge in [-0.3, -0.25) is 4.79 Å². The third kappa shape index (κ3) is 3.15. The van der Waals surface area contributed by atoms with Crippen LogP contribution in [-0.2, 0) is 27.9 Å². The molecule has 1 amide bonds. The van der Waals surface area contributed by atoms with Crippen LogP contribution in [0, 0.1) is 5.41 Å². The highest BCUT2D eigenvalue weighted by Crippen LogP contribution is 2.33. The van der Waals surface area contributed by atoms with Crippen molar-refractivity contribution in [3.8, 4) is 0 Å². The Morgan fingerprint density at radius 1 is 1.17 bits per heavy atom. The van der Waals surface area contributed by atoms with Crippen LogP contribution >= 0.6 is 0 Å². The zero-order chi connectivity index (χ0) is 16.8. The normalized spacial score (nSPS) is 21.3. The molecule has 0 radical (unpaired) electrons. The van der Waals surface area contributed by atoms with Crippen molar-refractivity contribution in [2.24, 2.45) is 5.41 Å². The summed E-state index contributed by atoms with van der Waals surface area (Å²) in [7, 11) is -3.46. The van der Waals surface area contributed by atoms with Gasteiger partial charge in [0.25, 0.3) is 0 Å². The number of hydrogen-bond acceptors (Lipinski definition) is 3. The van der Waals surface area contributed by atoms with Gasteiger partial charge in [-0.25, -0.2) is 8.42 Å². The Balaban J connectivity index is 1.88. The Labute approximate surface area is 138 Å². The number of piperidine rings is 1. The average Bonchev–Trinajstić information content (AvgIpc) is 2.89. The zero-order valence-corrected chi connectivity index (χ0v) is 14.8. The molecular weight excluding hydrogens is 312 g/mol. The summed E-state index contributed by atoms with van der Waals surface area (Å²) >= 11 is 0. The predicted molar refractivity (Wildman–Crippen MR) is 88.1 cm³/mol. The quantitative estimate of drug-likeness (QED) is 0.833. The molecule has 1 aromatic carbocycles. The van der Waals surface area contributed by atoms with E-state index in [1.54, 1.807) is 28.3 Å². The van der Waals surface area contributed by atoms with Gasteiger partial charge in [0, 0.05) is 33.1 Å². The molecule has 1 aromatic rings. The first-order chi connectivity index (χ1) is 10.7. The molecule has 23 heavy (non-hydrogen) atoms. The third-order valence-corrected chi connectivity index (χ3v) is 6.69. The third-order valence-electron chi connectivity index (χ3n) is 4.85. The fraction of sp³-hybridized carbons (Fsp3) is 0.588.